The van der Waals surface area contributed by atoms with Crippen molar-refractivity contribution in [3.63, 3.8) is 0 Å². The van der Waals surface area contributed by atoms with Gasteiger partial charge in [-0.2, -0.15) is 0 Å². The smallest absolute Gasteiger partial charge is 0.0797 e. The molecular weight excluding hydrogens is 256 g/mol. The zero-order valence-electron chi connectivity index (χ0n) is 14.5. The summed E-state index contributed by atoms with van der Waals surface area (Å²) in [6.45, 7) is 17.4. The molecule has 0 aromatic heterocycles. The van der Waals surface area contributed by atoms with Crippen LogP contribution in [0.25, 0.3) is 0 Å². The number of rotatable bonds is 4. The molecule has 0 radical (unpaired) electrons. The first-order chi connectivity index (χ1) is 9.62. The Morgan fingerprint density at radius 1 is 1.33 bits per heavy atom. The van der Waals surface area contributed by atoms with Crippen LogP contribution in [0.4, 0.5) is 0 Å². The summed E-state index contributed by atoms with van der Waals surface area (Å²) < 4.78 is 0. The van der Waals surface area contributed by atoms with E-state index in [0.29, 0.717) is 16.7 Å². The molecule has 1 unspecified atom stereocenters. The minimum atomic E-state index is -0.742. The number of hydrogen-bond acceptors (Lipinski definition) is 1. The third-order valence-electron chi connectivity index (χ3n) is 6.70. The zero-order valence-corrected chi connectivity index (χ0v) is 14.5. The van der Waals surface area contributed by atoms with Crippen LogP contribution in [0.1, 0.15) is 72.6 Å². The normalized spacial score (nSPS) is 38.4. The van der Waals surface area contributed by atoms with E-state index < -0.39 is 5.60 Å². The van der Waals surface area contributed by atoms with E-state index in [0.717, 1.165) is 18.8 Å². The largest absolute Gasteiger partial charge is 0.386 e. The van der Waals surface area contributed by atoms with Gasteiger partial charge in [0.15, 0.2) is 0 Å². The topological polar surface area (TPSA) is 20.2 Å². The molecule has 2 rings (SSSR count). The maximum Gasteiger partial charge on any atom is 0.0797 e. The van der Waals surface area contributed by atoms with E-state index >= 15 is 0 Å². The molecule has 1 heteroatoms. The summed E-state index contributed by atoms with van der Waals surface area (Å²) in [4.78, 5) is 0. The van der Waals surface area contributed by atoms with E-state index in [1.165, 1.54) is 37.7 Å². The lowest BCUT2D eigenvalue weighted by atomic mass is 9.47. The second-order valence-electron chi connectivity index (χ2n) is 8.75. The van der Waals surface area contributed by atoms with Gasteiger partial charge in [0.05, 0.1) is 5.60 Å². The van der Waals surface area contributed by atoms with E-state index in [4.69, 9.17) is 0 Å². The molecule has 0 bridgehead atoms. The minimum Gasteiger partial charge on any atom is -0.386 e. The van der Waals surface area contributed by atoms with Crippen LogP contribution < -0.4 is 0 Å². The molecular formula is C20H34O. The molecule has 0 aromatic rings. The van der Waals surface area contributed by atoms with Gasteiger partial charge in [0.2, 0.25) is 0 Å². The van der Waals surface area contributed by atoms with Gasteiger partial charge in [0.25, 0.3) is 0 Å². The SMILES string of the molecule is C=CC(C)(O)CC[C@@H]1C(=C)CC[C@H]2C(C)(C)CCC[C@]12C. The van der Waals surface area contributed by atoms with E-state index in [9.17, 15) is 5.11 Å². The molecule has 0 spiro atoms. The van der Waals surface area contributed by atoms with Crippen molar-refractivity contribution >= 4 is 0 Å². The summed E-state index contributed by atoms with van der Waals surface area (Å²) in [6, 6.07) is 0. The van der Waals surface area contributed by atoms with Gasteiger partial charge in [-0.3, -0.25) is 0 Å². The average Bonchev–Trinajstić information content (AvgIpc) is 2.36. The molecule has 0 amide bonds. The summed E-state index contributed by atoms with van der Waals surface area (Å²) in [5.74, 6) is 1.35. The summed E-state index contributed by atoms with van der Waals surface area (Å²) in [6.07, 6.45) is 10.0. The number of fused-ring (bicyclic) bond motifs is 1. The Morgan fingerprint density at radius 3 is 2.62 bits per heavy atom. The predicted octanol–water partition coefficient (Wildman–Crippen LogP) is 5.50. The van der Waals surface area contributed by atoms with Crippen molar-refractivity contribution in [2.24, 2.45) is 22.7 Å². The third kappa shape index (κ3) is 3.13. The molecule has 0 heterocycles. The van der Waals surface area contributed by atoms with Crippen LogP contribution in [0.5, 0.6) is 0 Å². The van der Waals surface area contributed by atoms with E-state index in [1.54, 1.807) is 6.08 Å². The second-order valence-corrected chi connectivity index (χ2v) is 8.75. The number of hydrogen-bond donors (Lipinski definition) is 1. The fraction of sp³-hybridized carbons (Fsp3) is 0.800. The van der Waals surface area contributed by atoms with Crippen LogP contribution in [-0.4, -0.2) is 10.7 Å². The Labute approximate surface area is 131 Å². The predicted molar refractivity (Wildman–Crippen MR) is 91.1 cm³/mol. The van der Waals surface area contributed by atoms with Gasteiger partial charge in [0, 0.05) is 0 Å². The van der Waals surface area contributed by atoms with Crippen LogP contribution in [0, 0.1) is 22.7 Å². The van der Waals surface area contributed by atoms with Crippen molar-refractivity contribution in [2.45, 2.75) is 78.2 Å². The standard InChI is InChI=1S/C20H34O/c1-7-19(5,21)14-11-16-15(2)9-10-17-18(3,4)12-8-13-20(16,17)6/h7,16-17,21H,1-2,8-14H2,3-6H3/t16-,17+,19?,20-/m1/s1. The highest BCUT2D eigenvalue weighted by Gasteiger charge is 2.52. The van der Waals surface area contributed by atoms with Gasteiger partial charge in [-0.15, -0.1) is 6.58 Å². The maximum atomic E-state index is 10.3. The molecule has 0 aliphatic heterocycles. The van der Waals surface area contributed by atoms with Crippen LogP contribution in [0.3, 0.4) is 0 Å². The zero-order chi connectivity index (χ0) is 15.9. The van der Waals surface area contributed by atoms with Crippen LogP contribution >= 0.6 is 0 Å². The molecule has 2 aliphatic rings. The highest BCUT2D eigenvalue weighted by atomic mass is 16.3. The molecule has 0 saturated heterocycles. The first-order valence-electron chi connectivity index (χ1n) is 8.66. The Balaban J connectivity index is 2.21. The van der Waals surface area contributed by atoms with Gasteiger partial charge in [-0.25, -0.2) is 0 Å². The number of aliphatic hydroxyl groups is 1. The van der Waals surface area contributed by atoms with Crippen molar-refractivity contribution in [1.82, 2.24) is 0 Å². The van der Waals surface area contributed by atoms with Crippen molar-refractivity contribution in [2.75, 3.05) is 0 Å². The lowest BCUT2D eigenvalue weighted by Gasteiger charge is -2.58. The van der Waals surface area contributed by atoms with Crippen molar-refractivity contribution in [3.8, 4) is 0 Å². The number of allylic oxidation sites excluding steroid dienone is 1. The third-order valence-corrected chi connectivity index (χ3v) is 6.70. The minimum absolute atomic E-state index is 0.369. The van der Waals surface area contributed by atoms with Gasteiger partial charge < -0.3 is 5.11 Å². The van der Waals surface area contributed by atoms with Gasteiger partial charge in [-0.1, -0.05) is 45.4 Å². The van der Waals surface area contributed by atoms with E-state index in [2.05, 4.69) is 33.9 Å². The van der Waals surface area contributed by atoms with Gasteiger partial charge in [-0.05, 0) is 68.1 Å². The molecule has 21 heavy (non-hydrogen) atoms. The van der Waals surface area contributed by atoms with Gasteiger partial charge in [0.1, 0.15) is 0 Å². The molecule has 120 valence electrons. The van der Waals surface area contributed by atoms with Gasteiger partial charge >= 0.3 is 0 Å². The lowest BCUT2D eigenvalue weighted by Crippen LogP contribution is -2.49. The monoisotopic (exact) mass is 290 g/mol. The summed E-state index contributed by atoms with van der Waals surface area (Å²) in [5.41, 5.74) is 1.50. The Morgan fingerprint density at radius 2 is 2.00 bits per heavy atom. The van der Waals surface area contributed by atoms with E-state index in [-0.39, 0.29) is 0 Å². The Kier molecular flexibility index (Phi) is 4.46. The Hall–Kier alpha value is -0.560. The quantitative estimate of drug-likeness (QED) is 0.678. The summed E-state index contributed by atoms with van der Waals surface area (Å²) >= 11 is 0. The molecule has 4 atom stereocenters. The van der Waals surface area contributed by atoms with Crippen molar-refractivity contribution in [3.05, 3.63) is 24.8 Å². The average molecular weight is 290 g/mol. The highest BCUT2D eigenvalue weighted by molar-refractivity contribution is 5.16. The lowest BCUT2D eigenvalue weighted by molar-refractivity contribution is -0.0583. The Bertz CT molecular complexity index is 418. The fourth-order valence-corrected chi connectivity index (χ4v) is 5.35. The van der Waals surface area contributed by atoms with Crippen molar-refractivity contribution < 1.29 is 5.11 Å². The molecule has 2 saturated carbocycles. The van der Waals surface area contributed by atoms with Crippen LogP contribution in [0.15, 0.2) is 24.8 Å². The van der Waals surface area contributed by atoms with Crippen LogP contribution in [0.2, 0.25) is 0 Å². The summed E-state index contributed by atoms with van der Waals surface area (Å²) in [5, 5.41) is 10.3. The highest BCUT2D eigenvalue weighted by Crippen LogP contribution is 2.61. The fourth-order valence-electron chi connectivity index (χ4n) is 5.35. The molecule has 1 nitrogen and oxygen atoms in total. The maximum absolute atomic E-state index is 10.3. The first-order valence-corrected chi connectivity index (χ1v) is 8.66. The first kappa shape index (κ1) is 16.8. The molecule has 2 aliphatic carbocycles. The molecule has 1 N–H and O–H groups in total. The molecule has 0 aromatic carbocycles. The second kappa shape index (κ2) is 5.57. The van der Waals surface area contributed by atoms with E-state index in [1.807, 2.05) is 6.92 Å². The molecule has 2 fully saturated rings. The summed E-state index contributed by atoms with van der Waals surface area (Å²) in [7, 11) is 0. The van der Waals surface area contributed by atoms with Crippen LogP contribution in [-0.2, 0) is 0 Å². The van der Waals surface area contributed by atoms with Crippen molar-refractivity contribution in [1.29, 1.82) is 0 Å².